The van der Waals surface area contributed by atoms with Crippen molar-refractivity contribution in [1.82, 2.24) is 5.32 Å². The van der Waals surface area contributed by atoms with Crippen LogP contribution >= 0.6 is 11.8 Å². The molecule has 3 heteroatoms. The molecule has 0 atom stereocenters. The lowest BCUT2D eigenvalue weighted by molar-refractivity contribution is -0.116. The average molecular weight is 325 g/mol. The van der Waals surface area contributed by atoms with E-state index in [2.05, 4.69) is 43.4 Å². The van der Waals surface area contributed by atoms with Crippen LogP contribution in [0.25, 0.3) is 6.08 Å². The van der Waals surface area contributed by atoms with E-state index in [1.807, 2.05) is 42.1 Å². The number of hydrogen-bond donors (Lipinski definition) is 1. The molecule has 0 unspecified atom stereocenters. The monoisotopic (exact) mass is 325 g/mol. The third-order valence-electron chi connectivity index (χ3n) is 3.40. The fourth-order valence-electron chi connectivity index (χ4n) is 2.15. The summed E-state index contributed by atoms with van der Waals surface area (Å²) in [6, 6.07) is 16.6. The fraction of sp³-hybridized carbons (Fsp3) is 0.250. The summed E-state index contributed by atoms with van der Waals surface area (Å²) in [5.74, 6) is 1.86. The minimum atomic E-state index is -0.0401. The van der Waals surface area contributed by atoms with Crippen molar-refractivity contribution >= 4 is 23.7 Å². The van der Waals surface area contributed by atoms with Crippen LogP contribution in [0.4, 0.5) is 0 Å². The van der Waals surface area contributed by atoms with Gasteiger partial charge in [-0.15, -0.1) is 0 Å². The lowest BCUT2D eigenvalue weighted by atomic mass is 10.1. The van der Waals surface area contributed by atoms with Crippen LogP contribution in [0.15, 0.2) is 54.6 Å². The van der Waals surface area contributed by atoms with Crippen LogP contribution in [0.2, 0.25) is 0 Å². The molecule has 1 N–H and O–H groups in total. The first-order valence-electron chi connectivity index (χ1n) is 7.79. The summed E-state index contributed by atoms with van der Waals surface area (Å²) in [4.78, 5) is 11.8. The van der Waals surface area contributed by atoms with Crippen LogP contribution in [0.5, 0.6) is 0 Å². The predicted octanol–water partition coefficient (Wildman–Crippen LogP) is 4.37. The summed E-state index contributed by atoms with van der Waals surface area (Å²) in [7, 11) is 0. The minimum Gasteiger partial charge on any atom is -0.352 e. The Morgan fingerprint density at radius 1 is 1.09 bits per heavy atom. The number of rotatable bonds is 7. The zero-order valence-corrected chi connectivity index (χ0v) is 14.5. The predicted molar refractivity (Wildman–Crippen MR) is 101 cm³/mol. The van der Waals surface area contributed by atoms with Crippen LogP contribution < -0.4 is 5.32 Å². The zero-order valence-electron chi connectivity index (χ0n) is 13.7. The largest absolute Gasteiger partial charge is 0.352 e. The van der Waals surface area contributed by atoms with Crippen molar-refractivity contribution in [3.05, 3.63) is 76.9 Å². The average Bonchev–Trinajstić information content (AvgIpc) is 2.54. The van der Waals surface area contributed by atoms with Gasteiger partial charge in [-0.1, -0.05) is 59.7 Å². The topological polar surface area (TPSA) is 29.1 Å². The third-order valence-corrected chi connectivity index (χ3v) is 4.43. The normalized spacial score (nSPS) is 10.9. The molecule has 0 aromatic heterocycles. The highest BCUT2D eigenvalue weighted by atomic mass is 32.2. The quantitative estimate of drug-likeness (QED) is 0.605. The Labute approximate surface area is 143 Å². The van der Waals surface area contributed by atoms with Gasteiger partial charge < -0.3 is 5.32 Å². The van der Waals surface area contributed by atoms with Crippen molar-refractivity contribution in [3.63, 3.8) is 0 Å². The van der Waals surface area contributed by atoms with Gasteiger partial charge in [0.2, 0.25) is 5.91 Å². The van der Waals surface area contributed by atoms with Gasteiger partial charge in [-0.25, -0.2) is 0 Å². The van der Waals surface area contributed by atoms with Crippen LogP contribution in [-0.2, 0) is 10.5 Å². The number of benzene rings is 2. The molecule has 0 heterocycles. The molecule has 2 aromatic rings. The molecule has 0 bridgehead atoms. The van der Waals surface area contributed by atoms with E-state index in [9.17, 15) is 4.79 Å². The Balaban J connectivity index is 1.64. The second kappa shape index (κ2) is 9.21. The Morgan fingerprint density at radius 3 is 2.61 bits per heavy atom. The second-order valence-corrected chi connectivity index (χ2v) is 6.68. The first kappa shape index (κ1) is 17.4. The van der Waals surface area contributed by atoms with Crippen LogP contribution in [0.1, 0.15) is 22.3 Å². The van der Waals surface area contributed by atoms with Crippen molar-refractivity contribution in [2.24, 2.45) is 0 Å². The summed E-state index contributed by atoms with van der Waals surface area (Å²) in [6.45, 7) is 4.84. The maximum absolute atomic E-state index is 11.8. The van der Waals surface area contributed by atoms with E-state index < -0.39 is 0 Å². The number of nitrogens with one attached hydrogen (secondary N) is 1. The Morgan fingerprint density at radius 2 is 1.87 bits per heavy atom. The van der Waals surface area contributed by atoms with E-state index in [1.54, 1.807) is 6.08 Å². The van der Waals surface area contributed by atoms with E-state index in [-0.39, 0.29) is 5.91 Å². The maximum Gasteiger partial charge on any atom is 0.244 e. The lowest BCUT2D eigenvalue weighted by Crippen LogP contribution is -2.23. The molecule has 0 aliphatic carbocycles. The lowest BCUT2D eigenvalue weighted by Gasteiger charge is -2.04. The van der Waals surface area contributed by atoms with Gasteiger partial charge in [-0.3, -0.25) is 4.79 Å². The number of amides is 1. The van der Waals surface area contributed by atoms with E-state index in [0.29, 0.717) is 6.54 Å². The zero-order chi connectivity index (χ0) is 16.5. The summed E-state index contributed by atoms with van der Waals surface area (Å²) >= 11 is 1.83. The summed E-state index contributed by atoms with van der Waals surface area (Å²) in [6.07, 6.45) is 3.44. The molecule has 2 aromatic carbocycles. The van der Waals surface area contributed by atoms with Gasteiger partial charge in [0.25, 0.3) is 0 Å². The van der Waals surface area contributed by atoms with Gasteiger partial charge in [-0.2, -0.15) is 11.8 Å². The molecule has 0 aliphatic heterocycles. The molecule has 2 nitrogen and oxygen atoms in total. The van der Waals surface area contributed by atoms with Gasteiger partial charge in [-0.05, 0) is 31.1 Å². The molecule has 0 radical (unpaired) electrons. The number of carbonyl (C=O) groups is 1. The smallest absolute Gasteiger partial charge is 0.244 e. The molecular weight excluding hydrogens is 302 g/mol. The highest BCUT2D eigenvalue weighted by molar-refractivity contribution is 7.98. The van der Waals surface area contributed by atoms with Crippen LogP contribution in [0.3, 0.4) is 0 Å². The molecule has 23 heavy (non-hydrogen) atoms. The van der Waals surface area contributed by atoms with Crippen molar-refractivity contribution in [2.75, 3.05) is 12.3 Å². The molecule has 0 saturated heterocycles. The Bertz CT molecular complexity index is 662. The molecule has 2 rings (SSSR count). The summed E-state index contributed by atoms with van der Waals surface area (Å²) in [5, 5.41) is 2.92. The molecule has 0 saturated carbocycles. The number of aryl methyl sites for hydroxylation is 2. The van der Waals surface area contributed by atoms with E-state index in [0.717, 1.165) is 17.1 Å². The van der Waals surface area contributed by atoms with Gasteiger partial charge >= 0.3 is 0 Å². The van der Waals surface area contributed by atoms with Gasteiger partial charge in [0.05, 0.1) is 0 Å². The van der Waals surface area contributed by atoms with Gasteiger partial charge in [0.1, 0.15) is 0 Å². The molecule has 120 valence electrons. The first-order chi connectivity index (χ1) is 11.1. The molecular formula is C20H23NOS. The van der Waals surface area contributed by atoms with E-state index >= 15 is 0 Å². The van der Waals surface area contributed by atoms with Crippen molar-refractivity contribution in [2.45, 2.75) is 19.6 Å². The van der Waals surface area contributed by atoms with Crippen molar-refractivity contribution in [3.8, 4) is 0 Å². The second-order valence-electron chi connectivity index (χ2n) is 5.58. The Kier molecular flexibility index (Phi) is 6.95. The summed E-state index contributed by atoms with van der Waals surface area (Å²) in [5.41, 5.74) is 4.88. The highest BCUT2D eigenvalue weighted by Crippen LogP contribution is 2.12. The fourth-order valence-corrected chi connectivity index (χ4v) is 2.95. The maximum atomic E-state index is 11.8. The van der Waals surface area contributed by atoms with Crippen LogP contribution in [-0.4, -0.2) is 18.2 Å². The number of thioether (sulfide) groups is 1. The number of carbonyl (C=O) groups excluding carboxylic acids is 1. The highest BCUT2D eigenvalue weighted by Gasteiger charge is 1.97. The molecule has 1 amide bonds. The number of hydrogen-bond acceptors (Lipinski definition) is 2. The van der Waals surface area contributed by atoms with E-state index in [4.69, 9.17) is 0 Å². The summed E-state index contributed by atoms with van der Waals surface area (Å²) < 4.78 is 0. The van der Waals surface area contributed by atoms with Crippen molar-refractivity contribution < 1.29 is 4.79 Å². The standard InChI is InChI=1S/C20H23NOS/c1-16-6-8-18(9-7-16)10-11-20(22)21-12-13-23-15-19-5-3-4-17(2)14-19/h3-11,14H,12-13,15H2,1-2H3,(H,21,22). The molecule has 0 aliphatic rings. The first-order valence-corrected chi connectivity index (χ1v) is 8.95. The third kappa shape index (κ3) is 6.74. The van der Waals surface area contributed by atoms with Crippen LogP contribution in [0, 0.1) is 13.8 Å². The SMILES string of the molecule is Cc1ccc(C=CC(=O)NCCSCc2cccc(C)c2)cc1. The molecule has 0 fully saturated rings. The molecule has 0 spiro atoms. The van der Waals surface area contributed by atoms with Gasteiger partial charge in [0.15, 0.2) is 0 Å². The Hall–Kier alpha value is -2.00. The van der Waals surface area contributed by atoms with Crippen molar-refractivity contribution in [1.29, 1.82) is 0 Å². The van der Waals surface area contributed by atoms with E-state index in [1.165, 1.54) is 16.7 Å². The minimum absolute atomic E-state index is 0.0401. The van der Waals surface area contributed by atoms with Gasteiger partial charge in [0, 0.05) is 24.1 Å².